The Hall–Kier alpha value is -4.68. The van der Waals surface area contributed by atoms with Gasteiger partial charge < -0.3 is 14.2 Å². The fourth-order valence-electron chi connectivity index (χ4n) is 3.67. The van der Waals surface area contributed by atoms with Gasteiger partial charge in [0.2, 0.25) is 5.13 Å². The number of methoxy groups -OCH3 is 1. The minimum atomic E-state index is -0.578. The molecule has 4 rings (SSSR count). The number of aromatic nitrogens is 2. The van der Waals surface area contributed by atoms with Crippen LogP contribution in [-0.2, 0) is 4.79 Å². The summed E-state index contributed by atoms with van der Waals surface area (Å²) in [5.41, 5.74) is 3.56. The molecule has 9 heteroatoms. The molecule has 0 aliphatic carbocycles. The summed E-state index contributed by atoms with van der Waals surface area (Å²) in [6.07, 6.45) is 1.48. The summed E-state index contributed by atoms with van der Waals surface area (Å²) >= 11 is 1.23. The number of hydrogen-bond donors (Lipinski definition) is 1. The minimum Gasteiger partial charge on any atom is -0.493 e. The van der Waals surface area contributed by atoms with E-state index in [9.17, 15) is 10.1 Å². The van der Waals surface area contributed by atoms with E-state index in [0.717, 1.165) is 22.4 Å². The number of rotatable bonds is 10. The first-order valence-electron chi connectivity index (χ1n) is 11.8. The van der Waals surface area contributed by atoms with Gasteiger partial charge in [0, 0.05) is 5.56 Å². The number of nitrogens with one attached hydrogen (secondary N) is 1. The van der Waals surface area contributed by atoms with Gasteiger partial charge in [-0.15, -0.1) is 10.2 Å². The SMILES string of the molecule is COc1cc(/C=C(/C#N)C(=O)Nc2nnc(-c3ccccc3)s2)ccc1OCCOc1c(C)cccc1C. The Kier molecular flexibility index (Phi) is 8.69. The first-order valence-corrected chi connectivity index (χ1v) is 12.6. The Morgan fingerprint density at radius 1 is 0.974 bits per heavy atom. The van der Waals surface area contributed by atoms with Crippen molar-refractivity contribution in [3.63, 3.8) is 0 Å². The van der Waals surface area contributed by atoms with Crippen LogP contribution in [0.2, 0.25) is 0 Å². The van der Waals surface area contributed by atoms with Gasteiger partial charge in [-0.2, -0.15) is 5.26 Å². The van der Waals surface area contributed by atoms with Crippen molar-refractivity contribution in [2.24, 2.45) is 0 Å². The summed E-state index contributed by atoms with van der Waals surface area (Å²) in [5, 5.41) is 21.3. The zero-order valence-electron chi connectivity index (χ0n) is 21.2. The highest BCUT2D eigenvalue weighted by molar-refractivity contribution is 7.18. The molecule has 1 amide bonds. The molecule has 4 aromatic rings. The van der Waals surface area contributed by atoms with Crippen LogP contribution in [0.5, 0.6) is 17.2 Å². The van der Waals surface area contributed by atoms with Crippen molar-refractivity contribution in [2.75, 3.05) is 25.6 Å². The topological polar surface area (TPSA) is 106 Å². The number of ether oxygens (including phenoxy) is 3. The summed E-state index contributed by atoms with van der Waals surface area (Å²) in [6.45, 7) is 4.69. The Morgan fingerprint density at radius 3 is 2.42 bits per heavy atom. The van der Waals surface area contributed by atoms with E-state index in [4.69, 9.17) is 14.2 Å². The number of carbonyl (C=O) groups excluding carboxylic acids is 1. The van der Waals surface area contributed by atoms with Gasteiger partial charge in [-0.1, -0.05) is 65.9 Å². The number of nitriles is 1. The van der Waals surface area contributed by atoms with Crippen LogP contribution in [0.4, 0.5) is 5.13 Å². The largest absolute Gasteiger partial charge is 0.493 e. The normalized spacial score (nSPS) is 10.9. The van der Waals surface area contributed by atoms with Crippen molar-refractivity contribution in [1.29, 1.82) is 5.26 Å². The third kappa shape index (κ3) is 6.55. The summed E-state index contributed by atoms with van der Waals surface area (Å²) < 4.78 is 17.2. The summed E-state index contributed by atoms with van der Waals surface area (Å²) in [6, 6.07) is 22.6. The van der Waals surface area contributed by atoms with Crippen LogP contribution >= 0.6 is 11.3 Å². The van der Waals surface area contributed by atoms with Gasteiger partial charge in [-0.25, -0.2) is 0 Å². The highest BCUT2D eigenvalue weighted by atomic mass is 32.1. The maximum atomic E-state index is 12.7. The molecule has 3 aromatic carbocycles. The van der Waals surface area contributed by atoms with Crippen molar-refractivity contribution in [3.05, 3.63) is 89.0 Å². The minimum absolute atomic E-state index is 0.0841. The molecule has 1 N–H and O–H groups in total. The number of benzene rings is 3. The van der Waals surface area contributed by atoms with E-state index in [1.165, 1.54) is 24.5 Å². The first-order chi connectivity index (χ1) is 18.5. The van der Waals surface area contributed by atoms with Gasteiger partial charge in [-0.05, 0) is 48.7 Å². The summed E-state index contributed by atoms with van der Waals surface area (Å²) in [7, 11) is 1.53. The first kappa shape index (κ1) is 26.4. The second-order valence-electron chi connectivity index (χ2n) is 8.23. The molecule has 0 fully saturated rings. The van der Waals surface area contributed by atoms with Crippen molar-refractivity contribution in [1.82, 2.24) is 10.2 Å². The fourth-order valence-corrected chi connectivity index (χ4v) is 4.41. The van der Waals surface area contributed by atoms with E-state index in [0.29, 0.717) is 40.4 Å². The van der Waals surface area contributed by atoms with Gasteiger partial charge in [0.05, 0.1) is 7.11 Å². The lowest BCUT2D eigenvalue weighted by Gasteiger charge is -2.14. The van der Waals surface area contributed by atoms with Crippen LogP contribution in [0.25, 0.3) is 16.6 Å². The molecule has 1 heterocycles. The van der Waals surface area contributed by atoms with Crippen LogP contribution in [0, 0.1) is 25.2 Å². The van der Waals surface area contributed by atoms with E-state index in [1.807, 2.05) is 68.4 Å². The lowest BCUT2D eigenvalue weighted by molar-refractivity contribution is -0.112. The van der Waals surface area contributed by atoms with Crippen molar-refractivity contribution in [3.8, 4) is 33.9 Å². The molecular weight excluding hydrogens is 500 g/mol. The smallest absolute Gasteiger partial charge is 0.268 e. The Morgan fingerprint density at radius 2 is 1.71 bits per heavy atom. The van der Waals surface area contributed by atoms with Crippen molar-refractivity contribution in [2.45, 2.75) is 13.8 Å². The Labute approximate surface area is 225 Å². The second kappa shape index (κ2) is 12.5. The maximum Gasteiger partial charge on any atom is 0.268 e. The Balaban J connectivity index is 1.39. The van der Waals surface area contributed by atoms with E-state index < -0.39 is 5.91 Å². The molecule has 8 nitrogen and oxygen atoms in total. The quantitative estimate of drug-likeness (QED) is 0.157. The highest BCUT2D eigenvalue weighted by Crippen LogP contribution is 2.30. The molecule has 1 aromatic heterocycles. The van der Waals surface area contributed by atoms with Crippen LogP contribution in [0.1, 0.15) is 16.7 Å². The molecule has 0 atom stereocenters. The lowest BCUT2D eigenvalue weighted by atomic mass is 10.1. The molecule has 0 aliphatic heterocycles. The second-order valence-corrected chi connectivity index (χ2v) is 9.21. The molecular formula is C29H26N4O4S. The molecule has 0 spiro atoms. The average Bonchev–Trinajstić information content (AvgIpc) is 3.40. The highest BCUT2D eigenvalue weighted by Gasteiger charge is 2.14. The third-order valence-corrected chi connectivity index (χ3v) is 6.41. The van der Waals surface area contributed by atoms with Crippen LogP contribution in [0.3, 0.4) is 0 Å². The van der Waals surface area contributed by atoms with E-state index in [1.54, 1.807) is 18.2 Å². The number of aryl methyl sites for hydroxylation is 2. The van der Waals surface area contributed by atoms with E-state index in [-0.39, 0.29) is 5.57 Å². The standard InChI is InChI=1S/C29H26N4O4S/c1-19-8-7-9-20(2)26(19)37-15-14-36-24-13-12-21(17-25(24)35-3)16-23(18-30)27(34)31-29-33-32-28(38-29)22-10-5-4-6-11-22/h4-13,16-17H,14-15H2,1-3H3,(H,31,33,34)/b23-16-. The summed E-state index contributed by atoms with van der Waals surface area (Å²) in [5.74, 6) is 1.28. The zero-order valence-corrected chi connectivity index (χ0v) is 22.0. The van der Waals surface area contributed by atoms with Crippen LogP contribution in [-0.4, -0.2) is 36.4 Å². The van der Waals surface area contributed by atoms with Crippen molar-refractivity contribution < 1.29 is 19.0 Å². The zero-order chi connectivity index (χ0) is 26.9. The monoisotopic (exact) mass is 526 g/mol. The fraction of sp³-hybridized carbons (Fsp3) is 0.172. The van der Waals surface area contributed by atoms with Gasteiger partial charge in [0.1, 0.15) is 35.6 Å². The van der Waals surface area contributed by atoms with Gasteiger partial charge in [0.15, 0.2) is 11.5 Å². The van der Waals surface area contributed by atoms with Gasteiger partial charge >= 0.3 is 0 Å². The molecule has 0 bridgehead atoms. The number of nitrogens with zero attached hydrogens (tertiary/aromatic N) is 3. The number of anilines is 1. The molecule has 0 radical (unpaired) electrons. The molecule has 0 unspecified atom stereocenters. The van der Waals surface area contributed by atoms with Gasteiger partial charge in [0.25, 0.3) is 5.91 Å². The lowest BCUT2D eigenvalue weighted by Crippen LogP contribution is -2.13. The average molecular weight is 527 g/mol. The molecule has 0 saturated carbocycles. The van der Waals surface area contributed by atoms with Crippen LogP contribution in [0.15, 0.2) is 72.3 Å². The molecule has 192 valence electrons. The number of para-hydroxylation sites is 1. The van der Waals surface area contributed by atoms with Gasteiger partial charge in [-0.3, -0.25) is 10.1 Å². The maximum absolute atomic E-state index is 12.7. The number of amides is 1. The third-order valence-electron chi connectivity index (χ3n) is 5.53. The molecule has 0 aliphatic rings. The van der Waals surface area contributed by atoms with E-state index in [2.05, 4.69) is 15.5 Å². The van der Waals surface area contributed by atoms with Crippen LogP contribution < -0.4 is 19.5 Å². The molecule has 38 heavy (non-hydrogen) atoms. The predicted octanol–water partition coefficient (Wildman–Crippen LogP) is 5.83. The predicted molar refractivity (Wildman–Crippen MR) is 147 cm³/mol. The van der Waals surface area contributed by atoms with E-state index >= 15 is 0 Å². The van der Waals surface area contributed by atoms with Crippen molar-refractivity contribution >= 4 is 28.5 Å². The Bertz CT molecular complexity index is 1470. The number of carbonyl (C=O) groups is 1. The number of hydrogen-bond acceptors (Lipinski definition) is 8. The summed E-state index contributed by atoms with van der Waals surface area (Å²) in [4.78, 5) is 12.7. The molecule has 0 saturated heterocycles.